The van der Waals surface area contributed by atoms with Crippen LogP contribution in [0, 0.1) is 5.92 Å². The molecular formula is C18H27NO2. The Morgan fingerprint density at radius 2 is 2.00 bits per heavy atom. The monoisotopic (exact) mass is 289 g/mol. The van der Waals surface area contributed by atoms with Crippen molar-refractivity contribution in [2.75, 3.05) is 27.3 Å². The summed E-state index contributed by atoms with van der Waals surface area (Å²) in [5.41, 5.74) is 1.30. The average molecular weight is 289 g/mol. The van der Waals surface area contributed by atoms with Crippen LogP contribution in [0.5, 0.6) is 11.5 Å². The van der Waals surface area contributed by atoms with E-state index in [2.05, 4.69) is 29.6 Å². The summed E-state index contributed by atoms with van der Waals surface area (Å²) in [6.45, 7) is 2.23. The molecule has 0 aliphatic heterocycles. The van der Waals surface area contributed by atoms with Crippen molar-refractivity contribution in [2.24, 2.45) is 5.92 Å². The first-order chi connectivity index (χ1) is 10.3. The highest BCUT2D eigenvalue weighted by atomic mass is 16.5. The highest BCUT2D eigenvalue weighted by Crippen LogP contribution is 2.27. The van der Waals surface area contributed by atoms with E-state index in [1.807, 2.05) is 6.07 Å². The minimum Gasteiger partial charge on any atom is -0.493 e. The Labute approximate surface area is 128 Å². The van der Waals surface area contributed by atoms with Gasteiger partial charge >= 0.3 is 0 Å². The molecular weight excluding hydrogens is 262 g/mol. The lowest BCUT2D eigenvalue weighted by atomic mass is 9.94. The summed E-state index contributed by atoms with van der Waals surface area (Å²) in [4.78, 5) is 0. The Morgan fingerprint density at radius 3 is 2.71 bits per heavy atom. The molecule has 1 aromatic rings. The third kappa shape index (κ3) is 5.09. The van der Waals surface area contributed by atoms with Gasteiger partial charge in [0.05, 0.1) is 14.2 Å². The van der Waals surface area contributed by atoms with Gasteiger partial charge in [0.2, 0.25) is 0 Å². The van der Waals surface area contributed by atoms with Gasteiger partial charge in [-0.1, -0.05) is 18.2 Å². The number of hydrogen-bond donors (Lipinski definition) is 1. The van der Waals surface area contributed by atoms with Gasteiger partial charge in [-0.25, -0.2) is 0 Å². The molecule has 0 fully saturated rings. The molecule has 21 heavy (non-hydrogen) atoms. The number of rotatable bonds is 8. The summed E-state index contributed by atoms with van der Waals surface area (Å²) >= 11 is 0. The predicted molar refractivity (Wildman–Crippen MR) is 87.2 cm³/mol. The molecule has 3 nitrogen and oxygen atoms in total. The fourth-order valence-electron chi connectivity index (χ4n) is 2.80. The van der Waals surface area contributed by atoms with E-state index in [1.165, 1.54) is 24.8 Å². The Bertz CT molecular complexity index is 457. The average Bonchev–Trinajstić information content (AvgIpc) is 2.55. The molecule has 116 valence electrons. The highest BCUT2D eigenvalue weighted by Gasteiger charge is 2.08. The fraction of sp³-hybridized carbons (Fsp3) is 0.556. The van der Waals surface area contributed by atoms with E-state index in [-0.39, 0.29) is 0 Å². The van der Waals surface area contributed by atoms with E-state index in [0.717, 1.165) is 43.3 Å². The third-order valence-corrected chi connectivity index (χ3v) is 4.08. The quantitative estimate of drug-likeness (QED) is 0.586. The Hall–Kier alpha value is -1.48. The molecule has 1 unspecified atom stereocenters. The van der Waals surface area contributed by atoms with Crippen LogP contribution in [0.1, 0.15) is 31.2 Å². The number of ether oxygens (including phenoxy) is 2. The topological polar surface area (TPSA) is 30.5 Å². The number of aryl methyl sites for hydroxylation is 1. The van der Waals surface area contributed by atoms with Crippen molar-refractivity contribution in [3.8, 4) is 11.5 Å². The van der Waals surface area contributed by atoms with E-state index >= 15 is 0 Å². The van der Waals surface area contributed by atoms with Gasteiger partial charge in [0.25, 0.3) is 0 Å². The molecule has 3 heteroatoms. The smallest absolute Gasteiger partial charge is 0.160 e. The molecule has 0 aromatic heterocycles. The van der Waals surface area contributed by atoms with Gasteiger partial charge in [-0.2, -0.15) is 0 Å². The van der Waals surface area contributed by atoms with Gasteiger partial charge in [-0.05, 0) is 68.8 Å². The molecule has 0 amide bonds. The van der Waals surface area contributed by atoms with Gasteiger partial charge in [0, 0.05) is 0 Å². The second kappa shape index (κ2) is 8.73. The molecule has 0 bridgehead atoms. The lowest BCUT2D eigenvalue weighted by molar-refractivity contribution is 0.354. The van der Waals surface area contributed by atoms with Gasteiger partial charge in [0.15, 0.2) is 11.5 Å². The van der Waals surface area contributed by atoms with Crippen LogP contribution in [0.2, 0.25) is 0 Å². The normalized spacial score (nSPS) is 17.7. The van der Waals surface area contributed by atoms with Crippen molar-refractivity contribution in [1.29, 1.82) is 0 Å². The standard InChI is InChI=1S/C18H27NO2/c1-20-17-11-10-15(13-18(17)21-2)9-6-12-19-14-16-7-4-3-5-8-16/h3-4,10-11,13,16,19H,5-9,12,14H2,1-2H3. The van der Waals surface area contributed by atoms with E-state index in [9.17, 15) is 0 Å². The third-order valence-electron chi connectivity index (χ3n) is 4.08. The summed E-state index contributed by atoms with van der Waals surface area (Å²) in [7, 11) is 3.35. The summed E-state index contributed by atoms with van der Waals surface area (Å²) in [6, 6.07) is 6.17. The zero-order valence-electron chi connectivity index (χ0n) is 13.2. The van der Waals surface area contributed by atoms with Crippen LogP contribution in [0.3, 0.4) is 0 Å². The number of hydrogen-bond acceptors (Lipinski definition) is 3. The molecule has 1 atom stereocenters. The SMILES string of the molecule is COc1ccc(CCCNCC2CC=CCC2)cc1OC. The van der Waals surface area contributed by atoms with Crippen LogP contribution in [0.15, 0.2) is 30.4 Å². The van der Waals surface area contributed by atoms with Crippen molar-refractivity contribution < 1.29 is 9.47 Å². The predicted octanol–water partition coefficient (Wildman–Crippen LogP) is 3.58. The van der Waals surface area contributed by atoms with Gasteiger partial charge in [-0.15, -0.1) is 0 Å². The van der Waals surface area contributed by atoms with Crippen LogP contribution in [-0.4, -0.2) is 27.3 Å². The van der Waals surface area contributed by atoms with Crippen molar-refractivity contribution in [3.63, 3.8) is 0 Å². The summed E-state index contributed by atoms with van der Waals surface area (Å²) in [5, 5.41) is 3.59. The molecule has 0 saturated carbocycles. The lowest BCUT2D eigenvalue weighted by Crippen LogP contribution is -2.24. The zero-order valence-corrected chi connectivity index (χ0v) is 13.2. The van der Waals surface area contributed by atoms with E-state index in [1.54, 1.807) is 14.2 Å². The maximum atomic E-state index is 5.34. The second-order valence-electron chi connectivity index (χ2n) is 5.65. The zero-order chi connectivity index (χ0) is 14.9. The van der Waals surface area contributed by atoms with Crippen molar-refractivity contribution in [1.82, 2.24) is 5.32 Å². The van der Waals surface area contributed by atoms with Crippen LogP contribution in [-0.2, 0) is 6.42 Å². The second-order valence-corrected chi connectivity index (χ2v) is 5.65. The maximum absolute atomic E-state index is 5.34. The Morgan fingerprint density at radius 1 is 1.14 bits per heavy atom. The summed E-state index contributed by atoms with van der Waals surface area (Å²) in [6.07, 6.45) is 10.7. The maximum Gasteiger partial charge on any atom is 0.160 e. The number of nitrogens with one attached hydrogen (secondary N) is 1. The molecule has 1 aliphatic carbocycles. The van der Waals surface area contributed by atoms with E-state index < -0.39 is 0 Å². The molecule has 0 radical (unpaired) electrons. The minimum absolute atomic E-state index is 0.796. The van der Waals surface area contributed by atoms with Gasteiger partial charge in [0.1, 0.15) is 0 Å². The lowest BCUT2D eigenvalue weighted by Gasteiger charge is -2.18. The van der Waals surface area contributed by atoms with Crippen molar-refractivity contribution in [3.05, 3.63) is 35.9 Å². The fourth-order valence-corrected chi connectivity index (χ4v) is 2.80. The van der Waals surface area contributed by atoms with Crippen LogP contribution < -0.4 is 14.8 Å². The number of benzene rings is 1. The molecule has 0 heterocycles. The molecule has 1 N–H and O–H groups in total. The molecule has 1 aromatic carbocycles. The number of allylic oxidation sites excluding steroid dienone is 2. The molecule has 1 aliphatic rings. The first-order valence-electron chi connectivity index (χ1n) is 7.90. The molecule has 0 saturated heterocycles. The van der Waals surface area contributed by atoms with E-state index in [4.69, 9.17) is 9.47 Å². The van der Waals surface area contributed by atoms with Gasteiger partial charge < -0.3 is 14.8 Å². The minimum atomic E-state index is 0.796. The number of methoxy groups -OCH3 is 2. The van der Waals surface area contributed by atoms with Gasteiger partial charge in [-0.3, -0.25) is 0 Å². The summed E-state index contributed by atoms with van der Waals surface area (Å²) in [5.74, 6) is 2.44. The van der Waals surface area contributed by atoms with Crippen molar-refractivity contribution in [2.45, 2.75) is 32.1 Å². The first-order valence-corrected chi connectivity index (χ1v) is 7.90. The van der Waals surface area contributed by atoms with Crippen LogP contribution in [0.25, 0.3) is 0 Å². The Balaban J connectivity index is 1.67. The first kappa shape index (κ1) is 15.9. The van der Waals surface area contributed by atoms with Crippen LogP contribution in [0.4, 0.5) is 0 Å². The highest BCUT2D eigenvalue weighted by molar-refractivity contribution is 5.42. The molecule has 2 rings (SSSR count). The largest absolute Gasteiger partial charge is 0.493 e. The molecule has 0 spiro atoms. The summed E-state index contributed by atoms with van der Waals surface area (Å²) < 4.78 is 10.6. The Kier molecular flexibility index (Phi) is 6.61. The van der Waals surface area contributed by atoms with Crippen LogP contribution >= 0.6 is 0 Å². The van der Waals surface area contributed by atoms with Crippen molar-refractivity contribution >= 4 is 0 Å². The van der Waals surface area contributed by atoms with E-state index in [0.29, 0.717) is 0 Å².